The molecule has 0 saturated heterocycles. The highest BCUT2D eigenvalue weighted by Crippen LogP contribution is 2.33. The van der Waals surface area contributed by atoms with Crippen LogP contribution in [0.2, 0.25) is 0 Å². The summed E-state index contributed by atoms with van der Waals surface area (Å²) in [7, 11) is 0. The molecule has 0 radical (unpaired) electrons. The number of benzene rings is 1. The van der Waals surface area contributed by atoms with Gasteiger partial charge in [-0.05, 0) is 18.2 Å². The zero-order valence-electron chi connectivity index (χ0n) is 8.26. The first-order chi connectivity index (χ1) is 7.34. The highest BCUT2D eigenvalue weighted by atomic mass is 19.4. The van der Waals surface area contributed by atoms with Gasteiger partial charge in [0.15, 0.2) is 6.29 Å². The van der Waals surface area contributed by atoms with E-state index in [2.05, 4.69) is 5.32 Å². The van der Waals surface area contributed by atoms with E-state index >= 15 is 0 Å². The van der Waals surface area contributed by atoms with Crippen LogP contribution in [0.3, 0.4) is 0 Å². The number of nitrogens with one attached hydrogen (secondary N) is 1. The lowest BCUT2D eigenvalue weighted by Gasteiger charge is -2.11. The first-order valence-corrected chi connectivity index (χ1v) is 4.28. The van der Waals surface area contributed by atoms with E-state index in [9.17, 15) is 22.8 Å². The van der Waals surface area contributed by atoms with Crippen LogP contribution in [-0.2, 0) is 11.0 Å². The van der Waals surface area contributed by atoms with Gasteiger partial charge in [0.2, 0.25) is 5.91 Å². The zero-order valence-corrected chi connectivity index (χ0v) is 8.26. The van der Waals surface area contributed by atoms with Gasteiger partial charge >= 0.3 is 6.18 Å². The average molecular weight is 231 g/mol. The van der Waals surface area contributed by atoms with Crippen molar-refractivity contribution < 1.29 is 22.8 Å². The Bertz CT molecular complexity index is 427. The summed E-state index contributed by atoms with van der Waals surface area (Å²) >= 11 is 0. The third kappa shape index (κ3) is 2.82. The molecule has 6 heteroatoms. The van der Waals surface area contributed by atoms with Gasteiger partial charge in [0, 0.05) is 18.2 Å². The maximum absolute atomic E-state index is 12.5. The van der Waals surface area contributed by atoms with Crippen LogP contribution >= 0.6 is 0 Å². The van der Waals surface area contributed by atoms with Crippen molar-refractivity contribution in [1.29, 1.82) is 0 Å². The summed E-state index contributed by atoms with van der Waals surface area (Å²) in [5, 5.41) is 2.21. The SMILES string of the molecule is CC(=O)Nc1ccc(C=O)c(C(F)(F)F)c1. The van der Waals surface area contributed by atoms with E-state index in [4.69, 9.17) is 0 Å². The summed E-state index contributed by atoms with van der Waals surface area (Å²) in [6.45, 7) is 1.18. The molecule has 0 spiro atoms. The normalized spacial score (nSPS) is 11.0. The van der Waals surface area contributed by atoms with Crippen LogP contribution in [0.4, 0.5) is 18.9 Å². The number of anilines is 1. The van der Waals surface area contributed by atoms with E-state index in [-0.39, 0.29) is 12.0 Å². The molecule has 0 unspecified atom stereocenters. The zero-order chi connectivity index (χ0) is 12.3. The van der Waals surface area contributed by atoms with Crippen molar-refractivity contribution in [3.63, 3.8) is 0 Å². The molecule has 86 valence electrons. The van der Waals surface area contributed by atoms with Crippen LogP contribution in [0.1, 0.15) is 22.8 Å². The van der Waals surface area contributed by atoms with Gasteiger partial charge in [0.1, 0.15) is 0 Å². The maximum atomic E-state index is 12.5. The van der Waals surface area contributed by atoms with Crippen molar-refractivity contribution in [3.05, 3.63) is 29.3 Å². The van der Waals surface area contributed by atoms with Crippen molar-refractivity contribution in [2.45, 2.75) is 13.1 Å². The Labute approximate surface area is 89.3 Å². The van der Waals surface area contributed by atoms with Crippen LogP contribution in [-0.4, -0.2) is 12.2 Å². The summed E-state index contributed by atoms with van der Waals surface area (Å²) in [6, 6.07) is 2.98. The Kier molecular flexibility index (Phi) is 3.31. The Hall–Kier alpha value is -1.85. The number of amides is 1. The molecule has 0 aliphatic heterocycles. The van der Waals surface area contributed by atoms with E-state index < -0.39 is 23.2 Å². The van der Waals surface area contributed by atoms with Gasteiger partial charge < -0.3 is 5.32 Å². The molecule has 0 atom stereocenters. The average Bonchev–Trinajstić information content (AvgIpc) is 2.15. The monoisotopic (exact) mass is 231 g/mol. The smallest absolute Gasteiger partial charge is 0.326 e. The highest BCUT2D eigenvalue weighted by Gasteiger charge is 2.33. The standard InChI is InChI=1S/C10H8F3NO2/c1-6(16)14-8-3-2-7(5-15)9(4-8)10(11,12)13/h2-5H,1H3,(H,14,16). The molecule has 1 N–H and O–H groups in total. The molecule has 16 heavy (non-hydrogen) atoms. The van der Waals surface area contributed by atoms with Crippen molar-refractivity contribution in [2.75, 3.05) is 5.32 Å². The lowest BCUT2D eigenvalue weighted by molar-refractivity contribution is -0.137. The fourth-order valence-electron chi connectivity index (χ4n) is 1.19. The molecule has 1 amide bonds. The lowest BCUT2D eigenvalue weighted by atomic mass is 10.1. The van der Waals surface area contributed by atoms with Gasteiger partial charge in [-0.2, -0.15) is 13.2 Å². The van der Waals surface area contributed by atoms with Crippen LogP contribution in [0.15, 0.2) is 18.2 Å². The molecule has 3 nitrogen and oxygen atoms in total. The van der Waals surface area contributed by atoms with Gasteiger partial charge in [0.05, 0.1) is 5.56 Å². The molecule has 0 aromatic heterocycles. The van der Waals surface area contributed by atoms with Gasteiger partial charge in [-0.25, -0.2) is 0 Å². The Morgan fingerprint density at radius 2 is 2.00 bits per heavy atom. The van der Waals surface area contributed by atoms with E-state index in [0.29, 0.717) is 0 Å². The minimum absolute atomic E-state index is 0.00502. The minimum Gasteiger partial charge on any atom is -0.326 e. The molecule has 0 heterocycles. The van der Waals surface area contributed by atoms with E-state index in [1.807, 2.05) is 0 Å². The van der Waals surface area contributed by atoms with Crippen LogP contribution in [0.25, 0.3) is 0 Å². The first-order valence-electron chi connectivity index (χ1n) is 4.28. The Balaban J connectivity index is 3.21. The molecular formula is C10H8F3NO2. The lowest BCUT2D eigenvalue weighted by Crippen LogP contribution is -2.11. The molecular weight excluding hydrogens is 223 g/mol. The second-order valence-corrected chi connectivity index (χ2v) is 3.10. The molecule has 0 fully saturated rings. The van der Waals surface area contributed by atoms with Crippen LogP contribution < -0.4 is 5.32 Å². The number of hydrogen-bond acceptors (Lipinski definition) is 2. The maximum Gasteiger partial charge on any atom is 0.417 e. The Morgan fingerprint density at radius 1 is 1.38 bits per heavy atom. The molecule has 0 aliphatic rings. The van der Waals surface area contributed by atoms with Crippen molar-refractivity contribution in [1.82, 2.24) is 0 Å². The third-order valence-corrected chi connectivity index (χ3v) is 1.81. The minimum atomic E-state index is -4.62. The largest absolute Gasteiger partial charge is 0.417 e. The summed E-state index contributed by atoms with van der Waals surface area (Å²) < 4.78 is 37.4. The molecule has 0 bridgehead atoms. The molecule has 1 aromatic carbocycles. The summed E-state index contributed by atoms with van der Waals surface area (Å²) in [6.07, 6.45) is -4.49. The predicted molar refractivity (Wildman–Crippen MR) is 51.1 cm³/mol. The Morgan fingerprint density at radius 3 is 2.44 bits per heavy atom. The molecule has 1 aromatic rings. The summed E-state index contributed by atoms with van der Waals surface area (Å²) in [4.78, 5) is 21.1. The quantitative estimate of drug-likeness (QED) is 0.795. The number of halogens is 3. The second-order valence-electron chi connectivity index (χ2n) is 3.10. The number of alkyl halides is 3. The van der Waals surface area contributed by atoms with E-state index in [0.717, 1.165) is 12.1 Å². The highest BCUT2D eigenvalue weighted by molar-refractivity contribution is 5.89. The molecule has 0 aliphatic carbocycles. The summed E-state index contributed by atoms with van der Waals surface area (Å²) in [5.41, 5.74) is -1.51. The van der Waals surface area contributed by atoms with Crippen molar-refractivity contribution in [3.8, 4) is 0 Å². The first kappa shape index (κ1) is 12.2. The molecule has 1 rings (SSSR count). The number of hydrogen-bond donors (Lipinski definition) is 1. The third-order valence-electron chi connectivity index (χ3n) is 1.81. The van der Waals surface area contributed by atoms with Crippen molar-refractivity contribution in [2.24, 2.45) is 0 Å². The fraction of sp³-hybridized carbons (Fsp3) is 0.200. The number of carbonyl (C=O) groups is 2. The van der Waals surface area contributed by atoms with E-state index in [1.165, 1.54) is 13.0 Å². The van der Waals surface area contributed by atoms with E-state index in [1.54, 1.807) is 0 Å². The van der Waals surface area contributed by atoms with Crippen LogP contribution in [0, 0.1) is 0 Å². The number of aldehydes is 1. The number of carbonyl (C=O) groups excluding carboxylic acids is 2. The van der Waals surface area contributed by atoms with Gasteiger partial charge in [0.25, 0.3) is 0 Å². The predicted octanol–water partition coefficient (Wildman–Crippen LogP) is 2.48. The number of rotatable bonds is 2. The topological polar surface area (TPSA) is 46.2 Å². The second kappa shape index (κ2) is 4.34. The van der Waals surface area contributed by atoms with Crippen molar-refractivity contribution >= 4 is 17.9 Å². The van der Waals surface area contributed by atoms with Gasteiger partial charge in [-0.3, -0.25) is 9.59 Å². The van der Waals surface area contributed by atoms with Gasteiger partial charge in [-0.15, -0.1) is 0 Å². The van der Waals surface area contributed by atoms with Gasteiger partial charge in [-0.1, -0.05) is 0 Å². The fourth-order valence-corrected chi connectivity index (χ4v) is 1.19. The summed E-state index contributed by atoms with van der Waals surface area (Å²) in [5.74, 6) is -0.480. The molecule has 0 saturated carbocycles. The van der Waals surface area contributed by atoms with Crippen LogP contribution in [0.5, 0.6) is 0 Å².